The molecule has 4 rings (SSSR count). The summed E-state index contributed by atoms with van der Waals surface area (Å²) in [4.78, 5) is 7.00. The maximum absolute atomic E-state index is 12.8. The van der Waals surface area contributed by atoms with E-state index in [2.05, 4.69) is 16.9 Å². The van der Waals surface area contributed by atoms with Crippen molar-refractivity contribution in [3.05, 3.63) is 60.8 Å². The molecule has 0 spiro atoms. The topological polar surface area (TPSA) is 59.5 Å². The van der Waals surface area contributed by atoms with Crippen LogP contribution >= 0.6 is 0 Å². The van der Waals surface area contributed by atoms with Crippen molar-refractivity contribution in [1.82, 2.24) is 9.88 Å². The Bertz CT molecular complexity index is 1040. The summed E-state index contributed by atoms with van der Waals surface area (Å²) in [6.45, 7) is 1.93. The largest absolute Gasteiger partial charge is 0.489 e. The second-order valence-electron chi connectivity index (χ2n) is 6.63. The molecule has 5 nitrogen and oxygen atoms in total. The van der Waals surface area contributed by atoms with Crippen LogP contribution < -0.4 is 4.74 Å². The average Bonchev–Trinajstić information content (AvgIpc) is 3.06. The van der Waals surface area contributed by atoms with Crippen molar-refractivity contribution in [2.24, 2.45) is 0 Å². The van der Waals surface area contributed by atoms with Gasteiger partial charge in [-0.05, 0) is 49.9 Å². The van der Waals surface area contributed by atoms with Gasteiger partial charge in [0.1, 0.15) is 11.9 Å². The Morgan fingerprint density at radius 3 is 2.62 bits per heavy atom. The smallest absolute Gasteiger partial charge is 0.208 e. The highest BCUT2D eigenvalue weighted by molar-refractivity contribution is 7.91. The van der Waals surface area contributed by atoms with E-state index in [1.165, 1.54) is 6.20 Å². The zero-order valence-corrected chi connectivity index (χ0v) is 15.3. The normalized spacial score (nSPS) is 18.3. The number of likely N-dealkylation sites (N-methyl/N-ethyl adjacent to an activating group) is 1. The number of nitrogens with zero attached hydrogens (tertiary/aromatic N) is 2. The molecule has 0 N–H and O–H groups in total. The van der Waals surface area contributed by atoms with Gasteiger partial charge < -0.3 is 9.64 Å². The molecule has 1 fully saturated rings. The number of fused-ring (bicyclic) bond motifs is 1. The lowest BCUT2D eigenvalue weighted by atomic mass is 10.2. The summed E-state index contributed by atoms with van der Waals surface area (Å²) in [7, 11) is -1.51. The van der Waals surface area contributed by atoms with Gasteiger partial charge in [0, 0.05) is 24.7 Å². The highest BCUT2D eigenvalue weighted by Crippen LogP contribution is 2.26. The number of benzene rings is 2. The minimum atomic E-state index is -3.58. The predicted molar refractivity (Wildman–Crippen MR) is 100 cm³/mol. The van der Waals surface area contributed by atoms with Gasteiger partial charge in [0.05, 0.1) is 15.3 Å². The zero-order valence-electron chi connectivity index (χ0n) is 14.5. The van der Waals surface area contributed by atoms with Gasteiger partial charge in [0.15, 0.2) is 0 Å². The highest BCUT2D eigenvalue weighted by atomic mass is 32.2. The quantitative estimate of drug-likeness (QED) is 0.708. The average molecular weight is 368 g/mol. The van der Waals surface area contributed by atoms with Crippen LogP contribution in [0, 0.1) is 0 Å². The Morgan fingerprint density at radius 2 is 1.88 bits per heavy atom. The van der Waals surface area contributed by atoms with E-state index in [-0.39, 0.29) is 15.9 Å². The molecule has 1 aromatic heterocycles. The Hall–Kier alpha value is -2.44. The van der Waals surface area contributed by atoms with Crippen molar-refractivity contribution in [3.8, 4) is 5.75 Å². The highest BCUT2D eigenvalue weighted by Gasteiger charge is 2.21. The van der Waals surface area contributed by atoms with E-state index in [9.17, 15) is 8.42 Å². The minimum Gasteiger partial charge on any atom is -0.489 e. The van der Waals surface area contributed by atoms with Crippen LogP contribution in [0.3, 0.4) is 0 Å². The first kappa shape index (κ1) is 17.0. The van der Waals surface area contributed by atoms with Gasteiger partial charge in [-0.2, -0.15) is 0 Å². The predicted octanol–water partition coefficient (Wildman–Crippen LogP) is 3.15. The van der Waals surface area contributed by atoms with Crippen LogP contribution in [-0.4, -0.2) is 44.5 Å². The number of pyridine rings is 1. The van der Waals surface area contributed by atoms with E-state index in [1.54, 1.807) is 36.4 Å². The lowest BCUT2D eigenvalue weighted by Crippen LogP contribution is -2.21. The molecule has 26 heavy (non-hydrogen) atoms. The first-order valence-electron chi connectivity index (χ1n) is 8.57. The number of hydrogen-bond donors (Lipinski definition) is 0. The van der Waals surface area contributed by atoms with E-state index in [0.29, 0.717) is 0 Å². The van der Waals surface area contributed by atoms with Crippen molar-refractivity contribution >= 4 is 20.7 Å². The van der Waals surface area contributed by atoms with Gasteiger partial charge in [0.25, 0.3) is 0 Å². The molecule has 3 aromatic rings. The number of sulfone groups is 1. The summed E-state index contributed by atoms with van der Waals surface area (Å²) < 4.78 is 31.6. The van der Waals surface area contributed by atoms with Gasteiger partial charge in [-0.1, -0.05) is 18.2 Å². The monoisotopic (exact) mass is 368 g/mol. The number of likely N-dealkylation sites (tertiary alicyclic amines) is 1. The molecule has 0 amide bonds. The first-order valence-corrected chi connectivity index (χ1v) is 10.1. The molecule has 6 heteroatoms. The van der Waals surface area contributed by atoms with Gasteiger partial charge in [-0.25, -0.2) is 8.42 Å². The SMILES string of the molecule is CN1CC[C@@H](Oc2ccc3ncc(S(=O)(=O)c4ccccc4)cc3c2)C1. The van der Waals surface area contributed by atoms with E-state index >= 15 is 0 Å². The van der Waals surface area contributed by atoms with Gasteiger partial charge >= 0.3 is 0 Å². The molecule has 0 unspecified atom stereocenters. The van der Waals surface area contributed by atoms with E-state index < -0.39 is 9.84 Å². The van der Waals surface area contributed by atoms with Crippen LogP contribution in [0.1, 0.15) is 6.42 Å². The van der Waals surface area contributed by atoms with Crippen molar-refractivity contribution in [1.29, 1.82) is 0 Å². The molecule has 1 atom stereocenters. The number of hydrogen-bond acceptors (Lipinski definition) is 5. The second-order valence-corrected chi connectivity index (χ2v) is 8.58. The molecule has 0 aliphatic carbocycles. The summed E-state index contributed by atoms with van der Waals surface area (Å²) in [5.41, 5.74) is 0.743. The van der Waals surface area contributed by atoms with Crippen LogP contribution in [-0.2, 0) is 9.84 Å². The summed E-state index contributed by atoms with van der Waals surface area (Å²) in [5, 5.41) is 0.755. The molecule has 0 saturated carbocycles. The van der Waals surface area contributed by atoms with Gasteiger partial charge in [-0.15, -0.1) is 0 Å². The lowest BCUT2D eigenvalue weighted by molar-refractivity contribution is 0.208. The molecule has 1 saturated heterocycles. The molecule has 1 aliphatic rings. The number of aromatic nitrogens is 1. The molecule has 134 valence electrons. The third kappa shape index (κ3) is 3.30. The lowest BCUT2D eigenvalue weighted by Gasteiger charge is -2.14. The summed E-state index contributed by atoms with van der Waals surface area (Å²) in [6.07, 6.45) is 2.58. The summed E-state index contributed by atoms with van der Waals surface area (Å²) in [5.74, 6) is 0.744. The van der Waals surface area contributed by atoms with E-state index in [0.717, 1.165) is 36.2 Å². The maximum atomic E-state index is 12.8. The fourth-order valence-corrected chi connectivity index (χ4v) is 4.49. The molecule has 0 radical (unpaired) electrons. The van der Waals surface area contributed by atoms with E-state index in [4.69, 9.17) is 4.74 Å². The third-order valence-electron chi connectivity index (χ3n) is 4.64. The van der Waals surface area contributed by atoms with Gasteiger partial charge in [-0.3, -0.25) is 4.98 Å². The van der Waals surface area contributed by atoms with Crippen molar-refractivity contribution in [2.45, 2.75) is 22.3 Å². The maximum Gasteiger partial charge on any atom is 0.208 e. The molecule has 0 bridgehead atoms. The second kappa shape index (κ2) is 6.70. The van der Waals surface area contributed by atoms with E-state index in [1.807, 2.05) is 18.2 Å². The van der Waals surface area contributed by atoms with Crippen LogP contribution in [0.5, 0.6) is 5.75 Å². The number of ether oxygens (including phenoxy) is 1. The molecular weight excluding hydrogens is 348 g/mol. The molecule has 2 heterocycles. The standard InChI is InChI=1S/C20H20N2O3S/c1-22-10-9-17(14-22)25-16-7-8-20-15(11-16)12-19(13-21-20)26(23,24)18-5-3-2-4-6-18/h2-8,11-13,17H,9-10,14H2,1H3/t17-/m1/s1. The Balaban J connectivity index is 1.68. The zero-order chi connectivity index (χ0) is 18.1. The minimum absolute atomic E-state index is 0.168. The Morgan fingerprint density at radius 1 is 1.08 bits per heavy atom. The molecule has 2 aromatic carbocycles. The van der Waals surface area contributed by atoms with Crippen molar-refractivity contribution < 1.29 is 13.2 Å². The number of rotatable bonds is 4. The van der Waals surface area contributed by atoms with Crippen LogP contribution in [0.4, 0.5) is 0 Å². The van der Waals surface area contributed by atoms with Crippen LogP contribution in [0.2, 0.25) is 0 Å². The van der Waals surface area contributed by atoms with Crippen molar-refractivity contribution in [3.63, 3.8) is 0 Å². The van der Waals surface area contributed by atoms with Gasteiger partial charge in [0.2, 0.25) is 9.84 Å². The molecule has 1 aliphatic heterocycles. The summed E-state index contributed by atoms with van der Waals surface area (Å²) in [6, 6.07) is 15.7. The fourth-order valence-electron chi connectivity index (χ4n) is 3.23. The Kier molecular flexibility index (Phi) is 4.38. The summed E-state index contributed by atoms with van der Waals surface area (Å²) >= 11 is 0. The third-order valence-corrected chi connectivity index (χ3v) is 6.38. The van der Waals surface area contributed by atoms with Crippen LogP contribution in [0.25, 0.3) is 10.9 Å². The first-order chi connectivity index (χ1) is 12.5. The molecular formula is C20H20N2O3S. The fraction of sp³-hybridized carbons (Fsp3) is 0.250. The van der Waals surface area contributed by atoms with Crippen molar-refractivity contribution in [2.75, 3.05) is 20.1 Å². The van der Waals surface area contributed by atoms with Crippen LogP contribution in [0.15, 0.2) is 70.6 Å². The Labute approximate surface area is 153 Å².